The number of carbonyl (C=O) groups is 2. The second-order valence-electron chi connectivity index (χ2n) is 5.97. The minimum absolute atomic E-state index is 0.250. The van der Waals surface area contributed by atoms with E-state index in [1.165, 1.54) is 0 Å². The van der Waals surface area contributed by atoms with Crippen LogP contribution in [0.4, 0.5) is 0 Å². The normalized spacial score (nSPS) is 10.6. The molecule has 25 heavy (non-hydrogen) atoms. The second-order valence-corrected chi connectivity index (χ2v) is 6.38. The molecule has 2 aromatic rings. The molecule has 2 rings (SSSR count). The molecule has 134 valence electrons. The molecular formula is C18H22ClN3O3. The van der Waals surface area contributed by atoms with Crippen LogP contribution in [0.15, 0.2) is 30.3 Å². The summed E-state index contributed by atoms with van der Waals surface area (Å²) in [6, 6.07) is 8.90. The highest BCUT2D eigenvalue weighted by Crippen LogP contribution is 2.23. The average Bonchev–Trinajstić information content (AvgIpc) is 2.86. The van der Waals surface area contributed by atoms with Gasteiger partial charge in [0.05, 0.1) is 10.6 Å². The first-order chi connectivity index (χ1) is 11.8. The van der Waals surface area contributed by atoms with Gasteiger partial charge in [-0.25, -0.2) is 0 Å². The van der Waals surface area contributed by atoms with Gasteiger partial charge in [0.25, 0.3) is 11.8 Å². The van der Waals surface area contributed by atoms with Gasteiger partial charge in [-0.15, -0.1) is 0 Å². The summed E-state index contributed by atoms with van der Waals surface area (Å²) < 4.78 is 7.38. The van der Waals surface area contributed by atoms with Crippen molar-refractivity contribution >= 4 is 23.4 Å². The molecule has 0 radical (unpaired) electrons. The molecule has 0 aliphatic carbocycles. The van der Waals surface area contributed by atoms with Crippen LogP contribution in [0.1, 0.15) is 41.6 Å². The molecule has 1 aromatic carbocycles. The zero-order chi connectivity index (χ0) is 18.6. The first-order valence-corrected chi connectivity index (χ1v) is 8.34. The van der Waals surface area contributed by atoms with Crippen LogP contribution in [0, 0.1) is 13.8 Å². The van der Waals surface area contributed by atoms with Crippen molar-refractivity contribution in [1.82, 2.24) is 15.4 Å². The number of aromatic nitrogens is 1. The van der Waals surface area contributed by atoms with Crippen molar-refractivity contribution in [2.75, 3.05) is 6.61 Å². The molecule has 6 nitrogen and oxygen atoms in total. The van der Waals surface area contributed by atoms with Crippen LogP contribution in [0.25, 0.3) is 0 Å². The van der Waals surface area contributed by atoms with E-state index in [0.29, 0.717) is 16.3 Å². The third-order valence-electron chi connectivity index (χ3n) is 3.76. The quantitative estimate of drug-likeness (QED) is 0.801. The lowest BCUT2D eigenvalue weighted by molar-refractivity contribution is -0.123. The number of amides is 2. The maximum Gasteiger partial charge on any atom is 0.276 e. The van der Waals surface area contributed by atoms with Crippen LogP contribution in [0.2, 0.25) is 5.02 Å². The predicted molar refractivity (Wildman–Crippen MR) is 96.8 cm³/mol. The fraction of sp³-hybridized carbons (Fsp3) is 0.333. The number of rotatable bonds is 5. The Kier molecular flexibility index (Phi) is 6.09. The molecule has 1 heterocycles. The first-order valence-electron chi connectivity index (χ1n) is 7.96. The Hall–Kier alpha value is -2.47. The molecule has 0 saturated carbocycles. The van der Waals surface area contributed by atoms with Gasteiger partial charge in [-0.3, -0.25) is 20.4 Å². The van der Waals surface area contributed by atoms with Gasteiger partial charge in [-0.1, -0.05) is 23.7 Å². The summed E-state index contributed by atoms with van der Waals surface area (Å²) in [7, 11) is 0. The molecule has 0 aliphatic heterocycles. The lowest BCUT2D eigenvalue weighted by atomic mass is 10.2. The van der Waals surface area contributed by atoms with Crippen LogP contribution >= 0.6 is 11.6 Å². The monoisotopic (exact) mass is 363 g/mol. The molecule has 0 spiro atoms. The van der Waals surface area contributed by atoms with E-state index in [2.05, 4.69) is 29.3 Å². The topological polar surface area (TPSA) is 72.4 Å². The third kappa shape index (κ3) is 4.54. The highest BCUT2D eigenvalue weighted by molar-refractivity contribution is 6.32. The number of hydrogen-bond acceptors (Lipinski definition) is 3. The van der Waals surface area contributed by atoms with Gasteiger partial charge < -0.3 is 9.30 Å². The number of hydrazine groups is 1. The summed E-state index contributed by atoms with van der Waals surface area (Å²) in [5.74, 6) is -0.442. The molecule has 0 bridgehead atoms. The van der Waals surface area contributed by atoms with Crippen molar-refractivity contribution in [1.29, 1.82) is 0 Å². The Labute approximate surface area is 152 Å². The molecule has 2 N–H and O–H groups in total. The zero-order valence-corrected chi connectivity index (χ0v) is 15.5. The minimum atomic E-state index is -0.481. The zero-order valence-electron chi connectivity index (χ0n) is 14.7. The Balaban J connectivity index is 1.91. The van der Waals surface area contributed by atoms with E-state index in [1.54, 1.807) is 30.3 Å². The largest absolute Gasteiger partial charge is 0.482 e. The van der Waals surface area contributed by atoms with Gasteiger partial charge in [0.1, 0.15) is 5.75 Å². The van der Waals surface area contributed by atoms with Gasteiger partial charge >= 0.3 is 0 Å². The highest BCUT2D eigenvalue weighted by atomic mass is 35.5. The number of ether oxygens (including phenoxy) is 1. The summed E-state index contributed by atoms with van der Waals surface area (Å²) in [5.41, 5.74) is 7.12. The summed E-state index contributed by atoms with van der Waals surface area (Å²) in [6.45, 7) is 7.67. The second kappa shape index (κ2) is 8.07. The van der Waals surface area contributed by atoms with E-state index in [9.17, 15) is 9.59 Å². The van der Waals surface area contributed by atoms with E-state index < -0.39 is 5.91 Å². The Morgan fingerprint density at radius 3 is 2.48 bits per heavy atom. The maximum absolute atomic E-state index is 12.3. The first kappa shape index (κ1) is 18.9. The van der Waals surface area contributed by atoms with E-state index >= 15 is 0 Å². The van der Waals surface area contributed by atoms with Crippen molar-refractivity contribution in [2.24, 2.45) is 0 Å². The van der Waals surface area contributed by atoms with Gasteiger partial charge in [0.2, 0.25) is 0 Å². The van der Waals surface area contributed by atoms with E-state index in [-0.39, 0.29) is 18.6 Å². The number of carbonyl (C=O) groups excluding carboxylic acids is 2. The van der Waals surface area contributed by atoms with Crippen LogP contribution in [0.3, 0.4) is 0 Å². The highest BCUT2D eigenvalue weighted by Gasteiger charge is 2.17. The number of nitrogens with one attached hydrogen (secondary N) is 2. The summed E-state index contributed by atoms with van der Waals surface area (Å²) in [5, 5.41) is 0.417. The SMILES string of the molecule is Cc1cc(C(=O)NNC(=O)COc2ccccc2Cl)c(C)n1C(C)C. The summed E-state index contributed by atoms with van der Waals surface area (Å²) in [4.78, 5) is 24.1. The Bertz CT molecular complexity index is 784. The fourth-order valence-electron chi connectivity index (χ4n) is 2.74. The third-order valence-corrected chi connectivity index (χ3v) is 4.07. The van der Waals surface area contributed by atoms with Crippen molar-refractivity contribution in [2.45, 2.75) is 33.7 Å². The Morgan fingerprint density at radius 2 is 1.88 bits per heavy atom. The number of nitrogens with zero attached hydrogens (tertiary/aromatic N) is 1. The molecule has 0 saturated heterocycles. The molecule has 0 atom stereocenters. The Morgan fingerprint density at radius 1 is 1.20 bits per heavy atom. The fourth-order valence-corrected chi connectivity index (χ4v) is 2.93. The summed E-state index contributed by atoms with van der Waals surface area (Å²) >= 11 is 5.95. The maximum atomic E-state index is 12.3. The standard InChI is InChI=1S/C18H22ClN3O3/c1-11(2)22-12(3)9-14(13(22)4)18(24)21-20-17(23)10-25-16-8-6-5-7-15(16)19/h5-9,11H,10H2,1-4H3,(H,20,23)(H,21,24). The number of para-hydroxylation sites is 1. The number of halogens is 1. The number of aryl methyl sites for hydroxylation is 1. The smallest absolute Gasteiger partial charge is 0.276 e. The van der Waals surface area contributed by atoms with Crippen molar-refractivity contribution in [3.63, 3.8) is 0 Å². The number of benzene rings is 1. The summed E-state index contributed by atoms with van der Waals surface area (Å²) in [6.07, 6.45) is 0. The van der Waals surface area contributed by atoms with Gasteiger partial charge in [0.15, 0.2) is 6.61 Å². The predicted octanol–water partition coefficient (Wildman–Crippen LogP) is 3.18. The minimum Gasteiger partial charge on any atom is -0.482 e. The van der Waals surface area contributed by atoms with Crippen molar-refractivity contribution in [3.05, 3.63) is 52.3 Å². The molecular weight excluding hydrogens is 342 g/mol. The van der Waals surface area contributed by atoms with Gasteiger partial charge in [-0.2, -0.15) is 0 Å². The van der Waals surface area contributed by atoms with Gasteiger partial charge in [-0.05, 0) is 45.9 Å². The van der Waals surface area contributed by atoms with Gasteiger partial charge in [0, 0.05) is 17.4 Å². The molecule has 2 amide bonds. The van der Waals surface area contributed by atoms with Crippen LogP contribution in [-0.4, -0.2) is 23.0 Å². The molecule has 7 heteroatoms. The molecule has 1 aromatic heterocycles. The number of hydrogen-bond donors (Lipinski definition) is 2. The van der Waals surface area contributed by atoms with Crippen LogP contribution in [0.5, 0.6) is 5.75 Å². The van der Waals surface area contributed by atoms with Crippen LogP contribution in [-0.2, 0) is 4.79 Å². The van der Waals surface area contributed by atoms with Crippen LogP contribution < -0.4 is 15.6 Å². The lowest BCUT2D eigenvalue weighted by Crippen LogP contribution is -2.44. The van der Waals surface area contributed by atoms with Crippen molar-refractivity contribution in [3.8, 4) is 5.75 Å². The average molecular weight is 364 g/mol. The molecule has 0 fully saturated rings. The lowest BCUT2D eigenvalue weighted by Gasteiger charge is -2.14. The van der Waals surface area contributed by atoms with Crippen molar-refractivity contribution < 1.29 is 14.3 Å². The van der Waals surface area contributed by atoms with E-state index in [0.717, 1.165) is 11.4 Å². The van der Waals surface area contributed by atoms with E-state index in [4.69, 9.17) is 16.3 Å². The molecule has 0 unspecified atom stereocenters. The molecule has 0 aliphatic rings. The van der Waals surface area contributed by atoms with E-state index in [1.807, 2.05) is 13.8 Å².